The van der Waals surface area contributed by atoms with Gasteiger partial charge in [-0.25, -0.2) is 4.68 Å². The van der Waals surface area contributed by atoms with E-state index < -0.39 is 0 Å². The molecule has 0 spiro atoms. The van der Waals surface area contributed by atoms with Gasteiger partial charge >= 0.3 is 0 Å². The first kappa shape index (κ1) is 15.9. The minimum atomic E-state index is 0.682. The first-order valence-corrected chi connectivity index (χ1v) is 7.42. The zero-order valence-electron chi connectivity index (χ0n) is 12.8. The fraction of sp³-hybridized carbons (Fsp3) is 0.467. The van der Waals surface area contributed by atoms with Crippen LogP contribution in [0.1, 0.15) is 12.0 Å². The van der Waals surface area contributed by atoms with Crippen LogP contribution in [0.3, 0.4) is 0 Å². The van der Waals surface area contributed by atoms with Crippen LogP contribution in [0.15, 0.2) is 30.6 Å². The normalized spacial score (nSPS) is 11.2. The second-order valence-corrected chi connectivity index (χ2v) is 5.50. The lowest BCUT2D eigenvalue weighted by Gasteiger charge is -2.15. The summed E-state index contributed by atoms with van der Waals surface area (Å²) in [6.45, 7) is 4.48. The highest BCUT2D eigenvalue weighted by molar-refractivity contribution is 7.71. The molecule has 0 bridgehead atoms. The van der Waals surface area contributed by atoms with Crippen molar-refractivity contribution >= 4 is 12.2 Å². The minimum Gasteiger partial charge on any atom is -0.385 e. The molecule has 0 fully saturated rings. The molecular weight excluding hydrogens is 284 g/mol. The van der Waals surface area contributed by atoms with Gasteiger partial charge in [0.1, 0.15) is 6.33 Å². The number of hydrogen-bond donors (Lipinski definition) is 0. The van der Waals surface area contributed by atoms with Crippen LogP contribution in [0.5, 0.6) is 0 Å². The molecule has 1 heterocycles. The molecule has 0 atom stereocenters. The van der Waals surface area contributed by atoms with Gasteiger partial charge < -0.3 is 4.74 Å². The fourth-order valence-electron chi connectivity index (χ4n) is 2.21. The van der Waals surface area contributed by atoms with Crippen molar-refractivity contribution in [1.82, 2.24) is 19.2 Å². The Morgan fingerprint density at radius 2 is 2.10 bits per heavy atom. The average molecular weight is 306 g/mol. The first-order valence-electron chi connectivity index (χ1n) is 7.01. The summed E-state index contributed by atoms with van der Waals surface area (Å²) in [6, 6.07) is 8.17. The average Bonchev–Trinajstić information content (AvgIpc) is 2.81. The van der Waals surface area contributed by atoms with Crippen molar-refractivity contribution in [2.24, 2.45) is 0 Å². The van der Waals surface area contributed by atoms with Crippen LogP contribution >= 0.6 is 12.2 Å². The van der Waals surface area contributed by atoms with Crippen LogP contribution in [-0.2, 0) is 11.4 Å². The summed E-state index contributed by atoms with van der Waals surface area (Å²) in [5.74, 6) is 0. The van der Waals surface area contributed by atoms with Crippen LogP contribution in [0.2, 0.25) is 0 Å². The first-order chi connectivity index (χ1) is 10.1. The molecule has 5 nitrogen and oxygen atoms in total. The lowest BCUT2D eigenvalue weighted by atomic mass is 10.2. The summed E-state index contributed by atoms with van der Waals surface area (Å²) in [5, 5.41) is 4.40. The van der Waals surface area contributed by atoms with Gasteiger partial charge in [0.15, 0.2) is 0 Å². The lowest BCUT2D eigenvalue weighted by Crippen LogP contribution is -2.24. The van der Waals surface area contributed by atoms with Gasteiger partial charge in [-0.3, -0.25) is 9.47 Å². The Bertz CT molecular complexity index is 635. The van der Waals surface area contributed by atoms with E-state index in [1.807, 2.05) is 21.4 Å². The quantitative estimate of drug-likeness (QED) is 0.582. The van der Waals surface area contributed by atoms with E-state index in [0.29, 0.717) is 11.4 Å². The fourth-order valence-corrected chi connectivity index (χ4v) is 2.46. The minimum absolute atomic E-state index is 0.682. The molecule has 2 aromatic rings. The molecule has 2 rings (SSSR count). The van der Waals surface area contributed by atoms with E-state index in [1.165, 1.54) is 5.56 Å². The maximum absolute atomic E-state index is 5.53. The number of ether oxygens (including phenoxy) is 1. The number of aryl methyl sites for hydroxylation is 1. The van der Waals surface area contributed by atoms with E-state index in [0.717, 1.165) is 25.3 Å². The summed E-state index contributed by atoms with van der Waals surface area (Å²) in [7, 11) is 3.78. The standard InChI is InChI=1S/C15H22N4OS/c1-13-7-4-5-8-14(13)18-11-16-19(15(18)21)12-17(2)9-6-10-20-3/h4-5,7-8,11H,6,9-10,12H2,1-3H3. The van der Waals surface area contributed by atoms with Gasteiger partial charge in [0.2, 0.25) is 4.77 Å². The maximum atomic E-state index is 5.53. The van der Waals surface area contributed by atoms with Crippen molar-refractivity contribution in [2.75, 3.05) is 27.3 Å². The number of hydrogen-bond acceptors (Lipinski definition) is 4. The van der Waals surface area contributed by atoms with E-state index in [9.17, 15) is 0 Å². The van der Waals surface area contributed by atoms with Crippen molar-refractivity contribution in [2.45, 2.75) is 20.0 Å². The topological polar surface area (TPSA) is 35.2 Å². The Labute approximate surface area is 130 Å². The molecule has 0 amide bonds. The Morgan fingerprint density at radius 3 is 2.81 bits per heavy atom. The zero-order chi connectivity index (χ0) is 15.2. The third-order valence-corrected chi connectivity index (χ3v) is 3.78. The number of methoxy groups -OCH3 is 1. The van der Waals surface area contributed by atoms with Gasteiger partial charge in [0, 0.05) is 20.3 Å². The number of rotatable bonds is 7. The van der Waals surface area contributed by atoms with Gasteiger partial charge in [0.25, 0.3) is 0 Å². The van der Waals surface area contributed by atoms with E-state index in [-0.39, 0.29) is 0 Å². The van der Waals surface area contributed by atoms with Gasteiger partial charge in [-0.15, -0.1) is 0 Å². The van der Waals surface area contributed by atoms with Crippen molar-refractivity contribution in [1.29, 1.82) is 0 Å². The van der Waals surface area contributed by atoms with Gasteiger partial charge in [-0.05, 0) is 44.2 Å². The Balaban J connectivity index is 2.11. The lowest BCUT2D eigenvalue weighted by molar-refractivity contribution is 0.168. The third-order valence-electron chi connectivity index (χ3n) is 3.37. The van der Waals surface area contributed by atoms with Crippen molar-refractivity contribution in [3.8, 4) is 5.69 Å². The Hall–Kier alpha value is -1.50. The molecule has 114 valence electrons. The molecular formula is C15H22N4OS. The van der Waals surface area contributed by atoms with Crippen molar-refractivity contribution in [3.63, 3.8) is 0 Å². The van der Waals surface area contributed by atoms with Crippen LogP contribution in [-0.4, -0.2) is 46.6 Å². The van der Waals surface area contributed by atoms with E-state index in [2.05, 4.69) is 36.1 Å². The summed E-state index contributed by atoms with van der Waals surface area (Å²) in [4.78, 5) is 2.18. The SMILES string of the molecule is COCCCN(C)Cn1ncn(-c2ccccc2C)c1=S. The molecule has 0 unspecified atom stereocenters. The molecule has 6 heteroatoms. The van der Waals surface area contributed by atoms with Crippen LogP contribution in [0, 0.1) is 11.7 Å². The second kappa shape index (κ2) is 7.49. The summed E-state index contributed by atoms with van der Waals surface area (Å²) in [6.07, 6.45) is 2.78. The molecule has 0 saturated carbocycles. The second-order valence-electron chi connectivity index (χ2n) is 5.14. The predicted molar refractivity (Wildman–Crippen MR) is 86.2 cm³/mol. The largest absolute Gasteiger partial charge is 0.385 e. The number of para-hydroxylation sites is 1. The molecule has 21 heavy (non-hydrogen) atoms. The summed E-state index contributed by atoms with van der Waals surface area (Å²) < 4.78 is 9.57. The van der Waals surface area contributed by atoms with Crippen LogP contribution in [0.4, 0.5) is 0 Å². The molecule has 0 radical (unpaired) electrons. The molecule has 0 saturated heterocycles. The van der Waals surface area contributed by atoms with Crippen molar-refractivity contribution < 1.29 is 4.74 Å². The molecule has 1 aromatic carbocycles. The molecule has 0 aliphatic heterocycles. The molecule has 0 aliphatic carbocycles. The highest BCUT2D eigenvalue weighted by Gasteiger charge is 2.07. The highest BCUT2D eigenvalue weighted by atomic mass is 32.1. The molecule has 1 aromatic heterocycles. The van der Waals surface area contributed by atoms with Gasteiger partial charge in [0.05, 0.1) is 12.4 Å². The monoisotopic (exact) mass is 306 g/mol. The molecule has 0 aliphatic rings. The van der Waals surface area contributed by atoms with Crippen molar-refractivity contribution in [3.05, 3.63) is 40.9 Å². The van der Waals surface area contributed by atoms with Crippen LogP contribution in [0.25, 0.3) is 5.69 Å². The zero-order valence-corrected chi connectivity index (χ0v) is 13.6. The number of nitrogens with zero attached hydrogens (tertiary/aromatic N) is 4. The van der Waals surface area contributed by atoms with Gasteiger partial charge in [-0.2, -0.15) is 5.10 Å². The molecule has 0 N–H and O–H groups in total. The smallest absolute Gasteiger partial charge is 0.203 e. The Morgan fingerprint density at radius 1 is 1.33 bits per heavy atom. The number of aromatic nitrogens is 3. The van der Waals surface area contributed by atoms with E-state index >= 15 is 0 Å². The summed E-state index contributed by atoms with van der Waals surface area (Å²) >= 11 is 5.53. The Kier molecular flexibility index (Phi) is 5.67. The third kappa shape index (κ3) is 4.00. The number of benzene rings is 1. The summed E-state index contributed by atoms with van der Waals surface area (Å²) in [5.41, 5.74) is 2.26. The van der Waals surface area contributed by atoms with Gasteiger partial charge in [-0.1, -0.05) is 18.2 Å². The van der Waals surface area contributed by atoms with E-state index in [4.69, 9.17) is 17.0 Å². The highest BCUT2D eigenvalue weighted by Crippen LogP contribution is 2.13. The predicted octanol–water partition coefficient (Wildman–Crippen LogP) is 2.64. The van der Waals surface area contributed by atoms with E-state index in [1.54, 1.807) is 13.4 Å². The van der Waals surface area contributed by atoms with Crippen LogP contribution < -0.4 is 0 Å². The maximum Gasteiger partial charge on any atom is 0.203 e.